The van der Waals surface area contributed by atoms with Gasteiger partial charge >= 0.3 is 0 Å². The van der Waals surface area contributed by atoms with Crippen molar-refractivity contribution in [1.82, 2.24) is 14.7 Å². The molecule has 0 spiro atoms. The maximum absolute atomic E-state index is 6.69. The van der Waals surface area contributed by atoms with Crippen molar-refractivity contribution in [2.75, 3.05) is 13.1 Å². The molecule has 0 amide bonds. The molecule has 0 bridgehead atoms. The van der Waals surface area contributed by atoms with Gasteiger partial charge in [-0.1, -0.05) is 25.4 Å². The molecule has 2 rings (SSSR count). The van der Waals surface area contributed by atoms with Gasteiger partial charge in [0, 0.05) is 25.0 Å². The molecule has 0 saturated carbocycles. The highest BCUT2D eigenvalue weighted by atomic mass is 35.5. The van der Waals surface area contributed by atoms with Crippen LogP contribution in [0.15, 0.2) is 0 Å². The third-order valence-corrected chi connectivity index (χ3v) is 5.82. The first kappa shape index (κ1) is 16.8. The molecule has 120 valence electrons. The number of hydrogen-bond donors (Lipinski definition) is 1. The van der Waals surface area contributed by atoms with Crippen LogP contribution in [0.25, 0.3) is 0 Å². The minimum absolute atomic E-state index is 0.0814. The molecule has 5 heteroatoms. The Hall–Kier alpha value is -0.580. The molecule has 2 heterocycles. The Morgan fingerprint density at radius 2 is 1.86 bits per heavy atom. The van der Waals surface area contributed by atoms with Crippen molar-refractivity contribution >= 4 is 11.6 Å². The van der Waals surface area contributed by atoms with E-state index in [9.17, 15) is 0 Å². The summed E-state index contributed by atoms with van der Waals surface area (Å²) in [6.07, 6.45) is 5.53. The van der Waals surface area contributed by atoms with Crippen molar-refractivity contribution in [1.29, 1.82) is 0 Å². The number of rotatable bonds is 6. The molecule has 1 aromatic rings. The fourth-order valence-corrected chi connectivity index (χ4v) is 4.16. The predicted molar refractivity (Wildman–Crippen MR) is 88.8 cm³/mol. The zero-order valence-electron chi connectivity index (χ0n) is 13.8. The number of nitrogens with zero attached hydrogens (tertiary/aromatic N) is 3. The van der Waals surface area contributed by atoms with Crippen LogP contribution < -0.4 is 5.73 Å². The minimum atomic E-state index is 0.0814. The van der Waals surface area contributed by atoms with Crippen molar-refractivity contribution in [2.24, 2.45) is 12.8 Å². The molecule has 1 atom stereocenters. The SMILES string of the molecule is CCC(CC)(C(N)Cc1c(Cl)c(C)nn1C)N1CCCC1. The van der Waals surface area contributed by atoms with Gasteiger partial charge in [-0.05, 0) is 45.7 Å². The predicted octanol–water partition coefficient (Wildman–Crippen LogP) is 2.91. The molecule has 4 nitrogen and oxygen atoms in total. The molecule has 0 aliphatic carbocycles. The number of aryl methyl sites for hydroxylation is 2. The van der Waals surface area contributed by atoms with Crippen molar-refractivity contribution in [2.45, 2.75) is 64.5 Å². The van der Waals surface area contributed by atoms with Gasteiger partial charge in [0.05, 0.1) is 16.4 Å². The van der Waals surface area contributed by atoms with E-state index in [1.54, 1.807) is 0 Å². The Balaban J connectivity index is 2.24. The first-order chi connectivity index (χ1) is 9.96. The zero-order chi connectivity index (χ0) is 15.6. The van der Waals surface area contributed by atoms with Crippen LogP contribution in [0, 0.1) is 6.92 Å². The lowest BCUT2D eigenvalue weighted by molar-refractivity contribution is 0.0762. The van der Waals surface area contributed by atoms with Crippen LogP contribution in [-0.4, -0.2) is 39.4 Å². The third kappa shape index (κ3) is 2.99. The van der Waals surface area contributed by atoms with Crippen LogP contribution in [0.2, 0.25) is 5.02 Å². The van der Waals surface area contributed by atoms with E-state index < -0.39 is 0 Å². The summed E-state index contributed by atoms with van der Waals surface area (Å²) in [7, 11) is 1.95. The third-order valence-electron chi connectivity index (χ3n) is 5.33. The summed E-state index contributed by atoms with van der Waals surface area (Å²) in [5, 5.41) is 5.18. The van der Waals surface area contributed by atoms with E-state index in [2.05, 4.69) is 23.8 Å². The van der Waals surface area contributed by atoms with Crippen LogP contribution in [-0.2, 0) is 13.5 Å². The minimum Gasteiger partial charge on any atom is -0.326 e. The average molecular weight is 313 g/mol. The summed E-state index contributed by atoms with van der Waals surface area (Å²) in [4.78, 5) is 2.61. The van der Waals surface area contributed by atoms with E-state index in [-0.39, 0.29) is 11.6 Å². The Morgan fingerprint density at radius 3 is 2.29 bits per heavy atom. The number of hydrogen-bond acceptors (Lipinski definition) is 3. The van der Waals surface area contributed by atoms with E-state index in [4.69, 9.17) is 17.3 Å². The summed E-state index contributed by atoms with van der Waals surface area (Å²) in [5.74, 6) is 0. The normalized spacial score (nSPS) is 18.4. The van der Waals surface area contributed by atoms with Gasteiger partial charge in [0.1, 0.15) is 0 Å². The molecular formula is C16H29ClN4. The molecular weight excluding hydrogens is 284 g/mol. The van der Waals surface area contributed by atoms with Gasteiger partial charge in [0.15, 0.2) is 0 Å². The Morgan fingerprint density at radius 1 is 1.29 bits per heavy atom. The van der Waals surface area contributed by atoms with E-state index in [1.807, 2.05) is 18.7 Å². The average Bonchev–Trinajstić information content (AvgIpc) is 3.07. The maximum Gasteiger partial charge on any atom is 0.0847 e. The fraction of sp³-hybridized carbons (Fsp3) is 0.812. The molecule has 1 saturated heterocycles. The van der Waals surface area contributed by atoms with E-state index >= 15 is 0 Å². The van der Waals surface area contributed by atoms with E-state index in [1.165, 1.54) is 25.9 Å². The Bertz CT molecular complexity index is 473. The van der Waals surface area contributed by atoms with Gasteiger partial charge in [0.25, 0.3) is 0 Å². The van der Waals surface area contributed by atoms with Crippen molar-refractivity contribution in [3.05, 3.63) is 16.4 Å². The Labute approximate surface area is 133 Å². The summed E-state index contributed by atoms with van der Waals surface area (Å²) >= 11 is 6.40. The van der Waals surface area contributed by atoms with Gasteiger partial charge in [-0.15, -0.1) is 0 Å². The van der Waals surface area contributed by atoms with Crippen molar-refractivity contribution in [3.8, 4) is 0 Å². The first-order valence-electron chi connectivity index (χ1n) is 8.14. The maximum atomic E-state index is 6.69. The molecule has 1 aliphatic heterocycles. The van der Waals surface area contributed by atoms with Gasteiger partial charge in [-0.3, -0.25) is 9.58 Å². The molecule has 21 heavy (non-hydrogen) atoms. The summed E-state index contributed by atoms with van der Waals surface area (Å²) in [6, 6.07) is 0.0814. The summed E-state index contributed by atoms with van der Waals surface area (Å²) < 4.78 is 1.89. The smallest absolute Gasteiger partial charge is 0.0847 e. The molecule has 1 unspecified atom stereocenters. The highest BCUT2D eigenvalue weighted by Crippen LogP contribution is 2.33. The lowest BCUT2D eigenvalue weighted by atomic mass is 9.81. The fourth-order valence-electron chi connectivity index (χ4n) is 3.92. The van der Waals surface area contributed by atoms with Crippen LogP contribution in [0.1, 0.15) is 50.9 Å². The quantitative estimate of drug-likeness (QED) is 0.878. The molecule has 1 fully saturated rings. The molecule has 2 N–H and O–H groups in total. The van der Waals surface area contributed by atoms with Crippen LogP contribution in [0.4, 0.5) is 0 Å². The lowest BCUT2D eigenvalue weighted by Gasteiger charge is -2.45. The topological polar surface area (TPSA) is 47.1 Å². The lowest BCUT2D eigenvalue weighted by Crippen LogP contribution is -2.59. The molecule has 0 radical (unpaired) electrons. The Kier molecular flexibility index (Phi) is 5.33. The monoisotopic (exact) mass is 312 g/mol. The van der Waals surface area contributed by atoms with Gasteiger partial charge in [-0.25, -0.2) is 0 Å². The van der Waals surface area contributed by atoms with Crippen LogP contribution in [0.3, 0.4) is 0 Å². The number of nitrogens with two attached hydrogens (primary N) is 1. The molecule has 1 aromatic heterocycles. The number of aromatic nitrogens is 2. The second-order valence-electron chi connectivity index (χ2n) is 6.29. The number of halogens is 1. The van der Waals surface area contributed by atoms with Crippen LogP contribution in [0.5, 0.6) is 0 Å². The highest BCUT2D eigenvalue weighted by Gasteiger charge is 2.40. The summed E-state index contributed by atoms with van der Waals surface area (Å²) in [6.45, 7) is 8.82. The van der Waals surface area contributed by atoms with Gasteiger partial charge in [-0.2, -0.15) is 5.10 Å². The second kappa shape index (κ2) is 6.67. The number of likely N-dealkylation sites (tertiary alicyclic amines) is 1. The standard InChI is InChI=1S/C16H29ClN4/c1-5-16(6-2,21-9-7-8-10-21)14(18)11-13-15(17)12(3)19-20(13)4/h14H,5-11,18H2,1-4H3. The van der Waals surface area contributed by atoms with Gasteiger partial charge < -0.3 is 5.73 Å². The first-order valence-corrected chi connectivity index (χ1v) is 8.52. The zero-order valence-corrected chi connectivity index (χ0v) is 14.6. The van der Waals surface area contributed by atoms with Gasteiger partial charge in [0.2, 0.25) is 0 Å². The highest BCUT2D eigenvalue weighted by molar-refractivity contribution is 6.31. The second-order valence-corrected chi connectivity index (χ2v) is 6.66. The van der Waals surface area contributed by atoms with Crippen molar-refractivity contribution < 1.29 is 0 Å². The van der Waals surface area contributed by atoms with E-state index in [0.29, 0.717) is 0 Å². The molecule has 1 aliphatic rings. The molecule has 0 aromatic carbocycles. The van der Waals surface area contributed by atoms with Crippen molar-refractivity contribution in [3.63, 3.8) is 0 Å². The summed E-state index contributed by atoms with van der Waals surface area (Å²) in [5.41, 5.74) is 8.72. The largest absolute Gasteiger partial charge is 0.326 e. The van der Waals surface area contributed by atoms with Crippen LogP contribution >= 0.6 is 11.6 Å². The van der Waals surface area contributed by atoms with E-state index in [0.717, 1.165) is 35.7 Å².